The van der Waals surface area contributed by atoms with Crippen molar-refractivity contribution in [3.63, 3.8) is 0 Å². The van der Waals surface area contributed by atoms with E-state index in [1.807, 2.05) is 13.1 Å². The minimum absolute atomic E-state index is 0.00653. The average molecular weight is 724 g/mol. The Hall–Kier alpha value is -5.32. The van der Waals surface area contributed by atoms with Crippen molar-refractivity contribution in [1.82, 2.24) is 4.90 Å². The molecule has 4 aliphatic rings. The zero-order valence-corrected chi connectivity index (χ0v) is 28.2. The van der Waals surface area contributed by atoms with Crippen LogP contribution in [-0.2, 0) is 66.2 Å². The van der Waals surface area contributed by atoms with Crippen molar-refractivity contribution in [3.8, 4) is 5.75 Å². The summed E-state index contributed by atoms with van der Waals surface area (Å²) in [5.41, 5.74) is -0.0881. The second-order valence-electron chi connectivity index (χ2n) is 13.3. The number of likely N-dealkylation sites (N-methyl/N-ethyl adjacent to an activating group) is 1. The van der Waals surface area contributed by atoms with E-state index in [-0.39, 0.29) is 30.4 Å². The Morgan fingerprint density at radius 2 is 1.69 bits per heavy atom. The number of carboxylic acid groups (broad SMARTS) is 2. The fourth-order valence-corrected chi connectivity index (χ4v) is 7.94. The summed E-state index contributed by atoms with van der Waals surface area (Å²) in [7, 11) is 1.93. The maximum atomic E-state index is 13.5. The van der Waals surface area contributed by atoms with Crippen molar-refractivity contribution in [3.05, 3.63) is 76.6 Å². The van der Waals surface area contributed by atoms with E-state index in [2.05, 4.69) is 4.90 Å². The predicted molar refractivity (Wildman–Crippen MR) is 172 cm³/mol. The Bertz CT molecular complexity index is 1840. The van der Waals surface area contributed by atoms with Crippen molar-refractivity contribution < 1.29 is 72.9 Å². The molecule has 0 saturated carbocycles. The lowest BCUT2D eigenvalue weighted by Crippen LogP contribution is -2.74. The zero-order valence-electron chi connectivity index (χ0n) is 28.2. The molecule has 0 unspecified atom stereocenters. The van der Waals surface area contributed by atoms with Crippen molar-refractivity contribution in [1.29, 1.82) is 0 Å². The van der Waals surface area contributed by atoms with Gasteiger partial charge in [0.05, 0.1) is 30.5 Å². The summed E-state index contributed by atoms with van der Waals surface area (Å²) in [6, 6.07) is 10.6. The predicted octanol–water partition coefficient (Wildman–Crippen LogP) is 1.08. The third kappa shape index (κ3) is 6.26. The normalized spacial score (nSPS) is 25.6. The number of aliphatic carboxylic acids is 2. The van der Waals surface area contributed by atoms with Gasteiger partial charge in [-0.3, -0.25) is 14.4 Å². The minimum Gasteiger partial charge on any atom is -0.481 e. The second kappa shape index (κ2) is 14.0. The van der Waals surface area contributed by atoms with Gasteiger partial charge < -0.3 is 49.0 Å². The quantitative estimate of drug-likeness (QED) is 0.167. The number of rotatable bonds is 13. The van der Waals surface area contributed by atoms with Crippen molar-refractivity contribution in [2.45, 2.75) is 87.1 Å². The fourth-order valence-electron chi connectivity index (χ4n) is 7.94. The zero-order chi connectivity index (χ0) is 37.5. The molecule has 276 valence electrons. The molecule has 2 aliphatic heterocycles. The van der Waals surface area contributed by atoms with E-state index in [1.165, 1.54) is 24.3 Å². The van der Waals surface area contributed by atoms with Gasteiger partial charge in [-0.1, -0.05) is 42.5 Å². The first-order valence-electron chi connectivity index (χ1n) is 16.5. The van der Waals surface area contributed by atoms with Crippen LogP contribution in [0.1, 0.15) is 61.0 Å². The van der Waals surface area contributed by atoms with Crippen LogP contribution in [0.15, 0.2) is 54.3 Å². The van der Waals surface area contributed by atoms with Crippen LogP contribution in [0.5, 0.6) is 5.75 Å². The Kier molecular flexibility index (Phi) is 9.83. The van der Waals surface area contributed by atoms with E-state index < -0.39 is 84.1 Å². The summed E-state index contributed by atoms with van der Waals surface area (Å²) < 4.78 is 27.6. The molecule has 6 rings (SSSR count). The monoisotopic (exact) mass is 723 g/mol. The molecule has 4 N–H and O–H groups in total. The summed E-state index contributed by atoms with van der Waals surface area (Å²) in [5, 5.41) is 40.9. The Labute approximate surface area is 296 Å². The van der Waals surface area contributed by atoms with Gasteiger partial charge in [0.2, 0.25) is 18.3 Å². The van der Waals surface area contributed by atoms with Gasteiger partial charge in [-0.25, -0.2) is 14.4 Å². The number of carbonyl (C=O) groups is 6. The van der Waals surface area contributed by atoms with E-state index in [1.54, 1.807) is 18.2 Å². The van der Waals surface area contributed by atoms with Crippen LogP contribution in [0.2, 0.25) is 0 Å². The number of benzene rings is 2. The van der Waals surface area contributed by atoms with Crippen LogP contribution in [0, 0.1) is 0 Å². The van der Waals surface area contributed by atoms with Gasteiger partial charge in [0.25, 0.3) is 0 Å². The van der Waals surface area contributed by atoms with Crippen molar-refractivity contribution in [2.75, 3.05) is 13.6 Å². The molecule has 16 heteroatoms. The van der Waals surface area contributed by atoms with Crippen LogP contribution in [-0.4, -0.2) is 105 Å². The molecule has 0 radical (unpaired) electrons. The maximum Gasteiger partial charge on any atom is 0.353 e. The molecule has 1 fully saturated rings. The molecule has 52 heavy (non-hydrogen) atoms. The van der Waals surface area contributed by atoms with Crippen LogP contribution in [0.4, 0.5) is 0 Å². The Morgan fingerprint density at radius 3 is 2.35 bits per heavy atom. The second-order valence-corrected chi connectivity index (χ2v) is 13.3. The molecule has 2 heterocycles. The van der Waals surface area contributed by atoms with Crippen molar-refractivity contribution in [2.24, 2.45) is 0 Å². The Balaban J connectivity index is 1.24. The molecule has 2 aromatic rings. The standard InChI is InChI=1S/C36H37NO15/c1-18(39)48-24(33(45)52-30(19-6-4-3-5-7-19)34(46)50-23(32(43)44)15-26(40)41)16-27(42)49-22-10-11-36(47)25-14-20-8-9-21(17-38)29-28(20)35(36,31(22)51-29)12-13-37(25)2/h3-10,23-25,30-31,38,47H,11-17H2,1-2H3,(H,40,41)(H,43,44)/t23-,24-,25+,30-,31-,35-,36+/m0/s1. The lowest BCUT2D eigenvalue weighted by Gasteiger charge is -2.61. The third-order valence-corrected chi connectivity index (χ3v) is 10.2. The topological polar surface area (TPSA) is 233 Å². The molecule has 2 bridgehead atoms. The van der Waals surface area contributed by atoms with E-state index in [9.17, 15) is 44.1 Å². The molecule has 2 aliphatic carbocycles. The van der Waals surface area contributed by atoms with Gasteiger partial charge in [0.15, 0.2) is 6.10 Å². The smallest absolute Gasteiger partial charge is 0.353 e. The van der Waals surface area contributed by atoms with Gasteiger partial charge >= 0.3 is 35.8 Å². The number of piperidine rings is 1. The van der Waals surface area contributed by atoms with Gasteiger partial charge in [-0.05, 0) is 38.1 Å². The number of aliphatic hydroxyl groups is 2. The van der Waals surface area contributed by atoms with E-state index >= 15 is 0 Å². The molecule has 1 spiro atoms. The lowest BCUT2D eigenvalue weighted by atomic mass is 9.50. The molecule has 1 saturated heterocycles. The molecule has 2 aromatic carbocycles. The summed E-state index contributed by atoms with van der Waals surface area (Å²) in [6.45, 7) is 1.25. The summed E-state index contributed by atoms with van der Waals surface area (Å²) >= 11 is 0. The number of ether oxygens (including phenoxy) is 5. The average Bonchev–Trinajstić information content (AvgIpc) is 3.45. The Morgan fingerprint density at radius 1 is 0.962 bits per heavy atom. The number of aliphatic hydroxyl groups excluding tert-OH is 1. The number of hydrogen-bond donors (Lipinski definition) is 4. The summed E-state index contributed by atoms with van der Waals surface area (Å²) in [5.74, 6) is -7.70. The third-order valence-electron chi connectivity index (χ3n) is 10.2. The highest BCUT2D eigenvalue weighted by atomic mass is 16.6. The molecular weight excluding hydrogens is 686 g/mol. The summed E-state index contributed by atoms with van der Waals surface area (Å²) in [4.78, 5) is 77.0. The number of nitrogens with zero attached hydrogens (tertiary/aromatic N) is 1. The highest BCUT2D eigenvalue weighted by Gasteiger charge is 2.72. The van der Waals surface area contributed by atoms with Crippen LogP contribution >= 0.6 is 0 Å². The maximum absolute atomic E-state index is 13.5. The largest absolute Gasteiger partial charge is 0.481 e. The first-order chi connectivity index (χ1) is 24.7. The first kappa shape index (κ1) is 36.5. The molecule has 0 aromatic heterocycles. The lowest BCUT2D eigenvalue weighted by molar-refractivity contribution is -0.186. The van der Waals surface area contributed by atoms with Gasteiger partial charge in [0, 0.05) is 36.1 Å². The van der Waals surface area contributed by atoms with Gasteiger partial charge in [0.1, 0.15) is 11.5 Å². The number of hydrogen-bond acceptors (Lipinski definition) is 14. The number of carbonyl (C=O) groups excluding carboxylic acids is 4. The van der Waals surface area contributed by atoms with Crippen molar-refractivity contribution >= 4 is 35.8 Å². The molecule has 7 atom stereocenters. The first-order valence-corrected chi connectivity index (χ1v) is 16.5. The molecule has 0 amide bonds. The van der Waals surface area contributed by atoms with Crippen LogP contribution in [0.3, 0.4) is 0 Å². The van der Waals surface area contributed by atoms with E-state index in [4.69, 9.17) is 28.8 Å². The highest BCUT2D eigenvalue weighted by Crippen LogP contribution is 2.64. The highest BCUT2D eigenvalue weighted by molar-refractivity contribution is 5.88. The van der Waals surface area contributed by atoms with Crippen LogP contribution in [0.25, 0.3) is 0 Å². The van der Waals surface area contributed by atoms with E-state index in [0.717, 1.165) is 18.1 Å². The fraction of sp³-hybridized carbons (Fsp3) is 0.444. The van der Waals surface area contributed by atoms with Crippen LogP contribution < -0.4 is 4.74 Å². The molecular formula is C36H37NO15. The molecule has 16 nitrogen and oxygen atoms in total. The summed E-state index contributed by atoms with van der Waals surface area (Å²) in [6.07, 6.45) is -6.32. The number of esters is 4. The van der Waals surface area contributed by atoms with Gasteiger partial charge in [-0.2, -0.15) is 0 Å². The SMILES string of the molecule is CC(=O)O[C@@H](CC(=O)OC1=CC[C@@]2(O)[C@H]3Cc4ccc(CO)c5c4[C@@]2(CCN3C)[C@H]1O5)C(=O)O[C@H](C(=O)O[C@@H](CC(=O)O)C(=O)O)c1ccccc1. The van der Waals surface area contributed by atoms with E-state index in [0.29, 0.717) is 30.7 Å². The van der Waals surface area contributed by atoms with Gasteiger partial charge in [-0.15, -0.1) is 0 Å². The minimum atomic E-state index is -2.12. The number of likely N-dealkylation sites (tertiary alicyclic amines) is 1. The number of carboxylic acids is 2.